The van der Waals surface area contributed by atoms with E-state index in [1.165, 1.54) is 23.5 Å². The van der Waals surface area contributed by atoms with Crippen molar-refractivity contribution in [3.8, 4) is 6.07 Å². The Kier molecular flexibility index (Phi) is 8.82. The van der Waals surface area contributed by atoms with Gasteiger partial charge in [0.25, 0.3) is 17.5 Å². The number of nitrogens with zero attached hydrogens (tertiary/aromatic N) is 3. The minimum absolute atomic E-state index is 0.190. The lowest BCUT2D eigenvalue weighted by Crippen LogP contribution is -2.13. The number of nitro benzene ring substituents is 1. The largest absolute Gasteiger partial charge is 0.322 e. The Morgan fingerprint density at radius 3 is 2.51 bits per heavy atom. The van der Waals surface area contributed by atoms with Crippen LogP contribution in [0.25, 0.3) is 16.3 Å². The number of nitriles is 1. The molecule has 9 nitrogen and oxygen atoms in total. The molecule has 12 heteroatoms. The molecule has 0 atom stereocenters. The van der Waals surface area contributed by atoms with Crippen molar-refractivity contribution in [1.82, 2.24) is 4.98 Å². The van der Waals surface area contributed by atoms with E-state index in [2.05, 4.69) is 15.6 Å². The maximum absolute atomic E-state index is 12.7. The van der Waals surface area contributed by atoms with Crippen LogP contribution in [0.5, 0.6) is 0 Å². The number of hydrogen-bond donors (Lipinski definition) is 2. The zero-order chi connectivity index (χ0) is 30.5. The second kappa shape index (κ2) is 12.9. The minimum Gasteiger partial charge on any atom is -0.322 e. The van der Waals surface area contributed by atoms with Crippen molar-refractivity contribution >= 4 is 79.9 Å². The molecule has 0 aliphatic heterocycles. The molecule has 2 N–H and O–H groups in total. The highest BCUT2D eigenvalue weighted by molar-refractivity contribution is 8.01. The summed E-state index contributed by atoms with van der Waals surface area (Å²) in [4.78, 5) is 41.6. The van der Waals surface area contributed by atoms with Crippen LogP contribution < -0.4 is 10.6 Å². The molecule has 1 aromatic heterocycles. The van der Waals surface area contributed by atoms with Crippen molar-refractivity contribution in [2.24, 2.45) is 0 Å². The summed E-state index contributed by atoms with van der Waals surface area (Å²) in [5, 5.41) is 27.6. The van der Waals surface area contributed by atoms with Crippen molar-refractivity contribution in [1.29, 1.82) is 5.26 Å². The highest BCUT2D eigenvalue weighted by Gasteiger charge is 2.19. The number of benzene rings is 4. The fourth-order valence-corrected chi connectivity index (χ4v) is 6.29. The second-order valence-electron chi connectivity index (χ2n) is 9.20. The van der Waals surface area contributed by atoms with Crippen molar-refractivity contribution in [3.63, 3.8) is 0 Å². The molecule has 0 bridgehead atoms. The number of anilines is 2. The number of carbonyl (C=O) groups excluding carboxylic acids is 2. The molecule has 5 rings (SSSR count). The number of fused-ring (bicyclic) bond motifs is 1. The van der Waals surface area contributed by atoms with Gasteiger partial charge < -0.3 is 10.6 Å². The zero-order valence-corrected chi connectivity index (χ0v) is 24.7. The first-order chi connectivity index (χ1) is 20.7. The van der Waals surface area contributed by atoms with Gasteiger partial charge in [-0.25, -0.2) is 4.98 Å². The summed E-state index contributed by atoms with van der Waals surface area (Å²) in [5.41, 5.74) is 3.15. The summed E-state index contributed by atoms with van der Waals surface area (Å²) in [5.74, 6) is -0.903. The Morgan fingerprint density at radius 2 is 1.79 bits per heavy atom. The second-order valence-corrected chi connectivity index (χ2v) is 12.0. The molecule has 5 aromatic rings. The number of halogens is 1. The van der Waals surface area contributed by atoms with Crippen LogP contribution in [-0.4, -0.2) is 21.7 Å². The highest BCUT2D eigenvalue weighted by atomic mass is 35.5. The molecule has 0 aliphatic rings. The average molecular weight is 626 g/mol. The Hall–Kier alpha value is -5.02. The minimum atomic E-state index is -0.618. The molecule has 0 saturated heterocycles. The summed E-state index contributed by atoms with van der Waals surface area (Å²) in [7, 11) is 0. The number of aryl methyl sites for hydroxylation is 1. The van der Waals surface area contributed by atoms with E-state index in [-0.39, 0.29) is 17.2 Å². The maximum atomic E-state index is 12.7. The van der Waals surface area contributed by atoms with Gasteiger partial charge in [-0.2, -0.15) is 5.26 Å². The van der Waals surface area contributed by atoms with E-state index in [4.69, 9.17) is 11.6 Å². The monoisotopic (exact) mass is 625 g/mol. The van der Waals surface area contributed by atoms with Gasteiger partial charge in [0, 0.05) is 28.0 Å². The molecule has 0 aliphatic carbocycles. The van der Waals surface area contributed by atoms with Crippen LogP contribution in [0.15, 0.2) is 99.7 Å². The smallest absolute Gasteiger partial charge is 0.283 e. The first-order valence-corrected chi connectivity index (χ1v) is 14.6. The zero-order valence-electron chi connectivity index (χ0n) is 22.3. The summed E-state index contributed by atoms with van der Waals surface area (Å²) >= 11 is 8.36. The van der Waals surface area contributed by atoms with E-state index in [0.717, 1.165) is 22.0 Å². The quantitative estimate of drug-likeness (QED) is 0.0768. The number of hydrogen-bond acceptors (Lipinski definition) is 8. The van der Waals surface area contributed by atoms with E-state index in [1.54, 1.807) is 72.8 Å². The van der Waals surface area contributed by atoms with Crippen LogP contribution in [0, 0.1) is 28.4 Å². The molecule has 0 radical (unpaired) electrons. The summed E-state index contributed by atoms with van der Waals surface area (Å²) in [6, 6.07) is 25.3. The number of rotatable bonds is 8. The normalized spacial score (nSPS) is 11.1. The molecule has 43 heavy (non-hydrogen) atoms. The first kappa shape index (κ1) is 29.5. The lowest BCUT2D eigenvalue weighted by Gasteiger charge is -2.06. The highest BCUT2D eigenvalue weighted by Crippen LogP contribution is 2.40. The Bertz CT molecular complexity index is 1970. The third-order valence-electron chi connectivity index (χ3n) is 6.06. The van der Waals surface area contributed by atoms with Crippen LogP contribution in [0.1, 0.15) is 21.5 Å². The molecule has 0 saturated carbocycles. The number of aromatic nitrogens is 1. The van der Waals surface area contributed by atoms with Gasteiger partial charge >= 0.3 is 0 Å². The number of nitro groups is 1. The molecular weight excluding hydrogens is 606 g/mol. The van der Waals surface area contributed by atoms with Crippen LogP contribution in [-0.2, 0) is 4.79 Å². The lowest BCUT2D eigenvalue weighted by atomic mass is 10.1. The molecule has 1 heterocycles. The number of amides is 2. The van der Waals surface area contributed by atoms with Crippen LogP contribution in [0.3, 0.4) is 0 Å². The third kappa shape index (κ3) is 7.25. The predicted molar refractivity (Wildman–Crippen MR) is 170 cm³/mol. The number of thiazole rings is 1. The van der Waals surface area contributed by atoms with Crippen molar-refractivity contribution in [2.75, 3.05) is 10.6 Å². The lowest BCUT2D eigenvalue weighted by molar-refractivity contribution is -0.387. The van der Waals surface area contributed by atoms with E-state index in [0.29, 0.717) is 42.3 Å². The standard InChI is InChI=1S/C31H20ClN5O4S2/c1-18-3-2-4-23(13-18)34-30(39)21(17-33)14-19-5-12-27(26(15-19)37(40)41)42-31-36-25-11-10-24(16-28(25)43-31)35-29(38)20-6-8-22(32)9-7-20/h2-16H,1H3,(H,34,39)(H,35,38)/b21-14+. The predicted octanol–water partition coefficient (Wildman–Crippen LogP) is 8.12. The van der Waals surface area contributed by atoms with Crippen molar-refractivity contribution in [2.45, 2.75) is 16.2 Å². The molecule has 2 amide bonds. The van der Waals surface area contributed by atoms with E-state index < -0.39 is 10.8 Å². The fraction of sp³-hybridized carbons (Fsp3) is 0.0323. The number of nitrogens with one attached hydrogen (secondary N) is 2. The summed E-state index contributed by atoms with van der Waals surface area (Å²) < 4.78 is 1.36. The molecule has 0 fully saturated rings. The van der Waals surface area contributed by atoms with Gasteiger partial charge in [-0.3, -0.25) is 19.7 Å². The van der Waals surface area contributed by atoms with Gasteiger partial charge in [0.05, 0.1) is 20.0 Å². The molecule has 0 spiro atoms. The van der Waals surface area contributed by atoms with Crippen LogP contribution in [0.4, 0.5) is 17.1 Å². The van der Waals surface area contributed by atoms with Gasteiger partial charge in [-0.05, 0) is 84.8 Å². The Balaban J connectivity index is 1.34. The van der Waals surface area contributed by atoms with Gasteiger partial charge in [0.15, 0.2) is 4.34 Å². The molecular formula is C31H20ClN5O4S2. The van der Waals surface area contributed by atoms with Gasteiger partial charge in [-0.1, -0.05) is 41.6 Å². The molecule has 0 unspecified atom stereocenters. The Morgan fingerprint density at radius 1 is 1.02 bits per heavy atom. The number of carbonyl (C=O) groups is 2. The van der Waals surface area contributed by atoms with Crippen molar-refractivity contribution in [3.05, 3.63) is 122 Å². The third-order valence-corrected chi connectivity index (χ3v) is 8.46. The summed E-state index contributed by atoms with van der Waals surface area (Å²) in [6.45, 7) is 1.88. The van der Waals surface area contributed by atoms with Gasteiger partial charge in [0.2, 0.25) is 0 Å². The van der Waals surface area contributed by atoms with Gasteiger partial charge in [-0.15, -0.1) is 11.3 Å². The van der Waals surface area contributed by atoms with Crippen LogP contribution in [0.2, 0.25) is 5.02 Å². The van der Waals surface area contributed by atoms with E-state index in [1.807, 2.05) is 19.1 Å². The fourth-order valence-electron chi connectivity index (χ4n) is 4.01. The van der Waals surface area contributed by atoms with E-state index >= 15 is 0 Å². The van der Waals surface area contributed by atoms with Crippen LogP contribution >= 0.6 is 34.7 Å². The topological polar surface area (TPSA) is 138 Å². The summed E-state index contributed by atoms with van der Waals surface area (Å²) in [6.07, 6.45) is 1.31. The maximum Gasteiger partial charge on any atom is 0.283 e. The van der Waals surface area contributed by atoms with E-state index in [9.17, 15) is 25.0 Å². The van der Waals surface area contributed by atoms with Gasteiger partial charge in [0.1, 0.15) is 11.6 Å². The molecule has 4 aromatic carbocycles. The first-order valence-electron chi connectivity index (χ1n) is 12.6. The average Bonchev–Trinajstić information content (AvgIpc) is 3.38. The molecule has 212 valence electrons. The Labute approximate surface area is 259 Å². The van der Waals surface area contributed by atoms with Crippen molar-refractivity contribution < 1.29 is 14.5 Å². The SMILES string of the molecule is Cc1cccc(NC(=O)/C(C#N)=C/c2ccc(Sc3nc4ccc(NC(=O)c5ccc(Cl)cc5)cc4s3)c([N+](=O)[O-])c2)c1.